The van der Waals surface area contributed by atoms with Crippen molar-refractivity contribution in [2.24, 2.45) is 5.73 Å². The molecule has 0 amide bonds. The van der Waals surface area contributed by atoms with Crippen LogP contribution in [-0.2, 0) is 6.54 Å². The van der Waals surface area contributed by atoms with Crippen LogP contribution >= 0.6 is 15.9 Å². The Bertz CT molecular complexity index is 439. The highest BCUT2D eigenvalue weighted by Crippen LogP contribution is 2.25. The zero-order valence-electron chi connectivity index (χ0n) is 9.30. The largest absolute Gasteiger partial charge is 0.326 e. The average Bonchev–Trinajstić information content (AvgIpc) is 2.67. The summed E-state index contributed by atoms with van der Waals surface area (Å²) < 4.78 is 0.784. The Kier molecular flexibility index (Phi) is 3.76. The molecule has 1 fully saturated rings. The standard InChI is InChI=1S/C11H14BrN3O2/c12-11-5-10(15(16)17)2-1-8(11)6-14-4-3-9(13)7-14/h1-2,5,9H,3-4,6-7,13H2/t9-/m1/s1. The third-order valence-corrected chi connectivity index (χ3v) is 3.69. The first-order chi connectivity index (χ1) is 8.06. The number of hydrogen-bond acceptors (Lipinski definition) is 4. The number of non-ortho nitro benzene ring substituents is 1. The van der Waals surface area contributed by atoms with Crippen molar-refractivity contribution in [1.82, 2.24) is 4.90 Å². The number of nitro benzene ring substituents is 1. The van der Waals surface area contributed by atoms with E-state index in [9.17, 15) is 10.1 Å². The predicted octanol–water partition coefficient (Wildman–Crippen LogP) is 1.89. The highest BCUT2D eigenvalue weighted by atomic mass is 79.9. The number of nitrogens with zero attached hydrogens (tertiary/aromatic N) is 2. The second-order valence-electron chi connectivity index (χ2n) is 4.32. The van der Waals surface area contributed by atoms with E-state index in [0.717, 1.165) is 36.1 Å². The van der Waals surface area contributed by atoms with Crippen LogP contribution in [0.15, 0.2) is 22.7 Å². The van der Waals surface area contributed by atoms with Gasteiger partial charge < -0.3 is 5.73 Å². The SMILES string of the molecule is N[C@@H]1CCN(Cc2ccc([N+](=O)[O-])cc2Br)C1. The van der Waals surface area contributed by atoms with Crippen molar-refractivity contribution in [2.75, 3.05) is 13.1 Å². The first-order valence-electron chi connectivity index (χ1n) is 5.47. The van der Waals surface area contributed by atoms with Crippen molar-refractivity contribution in [3.8, 4) is 0 Å². The van der Waals surface area contributed by atoms with Crippen molar-refractivity contribution in [1.29, 1.82) is 0 Å². The third-order valence-electron chi connectivity index (χ3n) is 2.95. The van der Waals surface area contributed by atoms with Gasteiger partial charge in [0.05, 0.1) is 4.92 Å². The van der Waals surface area contributed by atoms with Crippen molar-refractivity contribution < 1.29 is 4.92 Å². The number of nitrogens with two attached hydrogens (primary N) is 1. The van der Waals surface area contributed by atoms with Gasteiger partial charge in [0, 0.05) is 42.3 Å². The summed E-state index contributed by atoms with van der Waals surface area (Å²) in [6, 6.07) is 5.14. The van der Waals surface area contributed by atoms with Crippen LogP contribution in [0.3, 0.4) is 0 Å². The van der Waals surface area contributed by atoms with Crippen molar-refractivity contribution in [3.63, 3.8) is 0 Å². The molecule has 1 aromatic rings. The Hall–Kier alpha value is -0.980. The number of hydrogen-bond donors (Lipinski definition) is 1. The Morgan fingerprint density at radius 1 is 1.59 bits per heavy atom. The zero-order chi connectivity index (χ0) is 12.4. The Morgan fingerprint density at radius 2 is 2.35 bits per heavy atom. The monoisotopic (exact) mass is 299 g/mol. The van der Waals surface area contributed by atoms with E-state index >= 15 is 0 Å². The fraction of sp³-hybridized carbons (Fsp3) is 0.455. The number of benzene rings is 1. The molecule has 0 saturated carbocycles. The molecule has 2 N–H and O–H groups in total. The van der Waals surface area contributed by atoms with Crippen LogP contribution in [0.1, 0.15) is 12.0 Å². The normalized spacial score (nSPS) is 20.7. The number of rotatable bonds is 3. The minimum atomic E-state index is -0.389. The molecule has 0 unspecified atom stereocenters. The smallest absolute Gasteiger partial charge is 0.270 e. The van der Waals surface area contributed by atoms with Crippen LogP contribution in [0.2, 0.25) is 0 Å². The van der Waals surface area contributed by atoms with Gasteiger partial charge in [-0.15, -0.1) is 0 Å². The molecule has 1 heterocycles. The summed E-state index contributed by atoms with van der Waals surface area (Å²) in [6.45, 7) is 2.67. The van der Waals surface area contributed by atoms with Gasteiger partial charge in [-0.1, -0.05) is 15.9 Å². The quantitative estimate of drug-likeness (QED) is 0.683. The molecule has 0 aliphatic carbocycles. The second-order valence-corrected chi connectivity index (χ2v) is 5.17. The average molecular weight is 300 g/mol. The maximum atomic E-state index is 10.6. The molecule has 1 aromatic carbocycles. The van der Waals surface area contributed by atoms with Gasteiger partial charge in [-0.25, -0.2) is 0 Å². The van der Waals surface area contributed by atoms with E-state index in [1.807, 2.05) is 0 Å². The van der Waals surface area contributed by atoms with Crippen molar-refractivity contribution in [3.05, 3.63) is 38.3 Å². The Balaban J connectivity index is 2.09. The Morgan fingerprint density at radius 3 is 2.88 bits per heavy atom. The minimum absolute atomic E-state index is 0.110. The van der Waals surface area contributed by atoms with Gasteiger partial charge in [0.2, 0.25) is 0 Å². The molecule has 1 atom stereocenters. The van der Waals surface area contributed by atoms with E-state index in [1.165, 1.54) is 6.07 Å². The molecular weight excluding hydrogens is 286 g/mol. The number of halogens is 1. The van der Waals surface area contributed by atoms with E-state index in [2.05, 4.69) is 20.8 Å². The highest BCUT2D eigenvalue weighted by Gasteiger charge is 2.20. The van der Waals surface area contributed by atoms with Crippen LogP contribution in [-0.4, -0.2) is 29.0 Å². The molecule has 6 heteroatoms. The summed E-state index contributed by atoms with van der Waals surface area (Å²) in [5.41, 5.74) is 7.01. The third kappa shape index (κ3) is 3.02. The fourth-order valence-corrected chi connectivity index (χ4v) is 2.52. The van der Waals surface area contributed by atoms with Gasteiger partial charge >= 0.3 is 0 Å². The maximum absolute atomic E-state index is 10.6. The first kappa shape index (κ1) is 12.5. The zero-order valence-corrected chi connectivity index (χ0v) is 10.9. The van der Waals surface area contributed by atoms with Crippen LogP contribution in [0, 0.1) is 10.1 Å². The lowest BCUT2D eigenvalue weighted by Gasteiger charge is -2.15. The van der Waals surface area contributed by atoms with E-state index in [1.54, 1.807) is 12.1 Å². The van der Waals surface area contributed by atoms with Gasteiger partial charge in [0.1, 0.15) is 0 Å². The van der Waals surface area contributed by atoms with Gasteiger partial charge in [0.15, 0.2) is 0 Å². The lowest BCUT2D eigenvalue weighted by Crippen LogP contribution is -2.26. The molecule has 0 aromatic heterocycles. The van der Waals surface area contributed by atoms with E-state index in [-0.39, 0.29) is 16.7 Å². The molecule has 5 nitrogen and oxygen atoms in total. The summed E-state index contributed by atoms with van der Waals surface area (Å²) in [4.78, 5) is 12.5. The summed E-state index contributed by atoms with van der Waals surface area (Å²) in [5, 5.41) is 10.6. The molecular formula is C11H14BrN3O2. The summed E-state index contributed by atoms with van der Waals surface area (Å²) in [5.74, 6) is 0. The Labute approximate surface area is 108 Å². The van der Waals surface area contributed by atoms with Gasteiger partial charge in [-0.05, 0) is 18.1 Å². The van der Waals surface area contributed by atoms with E-state index in [0.29, 0.717) is 0 Å². The maximum Gasteiger partial charge on any atom is 0.270 e. The summed E-state index contributed by atoms with van der Waals surface area (Å²) >= 11 is 3.38. The molecule has 1 saturated heterocycles. The fourth-order valence-electron chi connectivity index (χ4n) is 2.03. The van der Waals surface area contributed by atoms with Crippen LogP contribution in [0.25, 0.3) is 0 Å². The molecule has 1 aliphatic heterocycles. The van der Waals surface area contributed by atoms with Crippen LogP contribution in [0.4, 0.5) is 5.69 Å². The summed E-state index contributed by atoms with van der Waals surface area (Å²) in [6.07, 6.45) is 1.02. The molecule has 0 spiro atoms. The van der Waals surface area contributed by atoms with Crippen LogP contribution < -0.4 is 5.73 Å². The molecule has 1 aliphatic rings. The number of nitro groups is 1. The molecule has 0 radical (unpaired) electrons. The van der Waals surface area contributed by atoms with Gasteiger partial charge in [-0.3, -0.25) is 15.0 Å². The first-order valence-corrected chi connectivity index (χ1v) is 6.26. The topological polar surface area (TPSA) is 72.4 Å². The second kappa shape index (κ2) is 5.12. The highest BCUT2D eigenvalue weighted by molar-refractivity contribution is 9.10. The lowest BCUT2D eigenvalue weighted by atomic mass is 10.2. The van der Waals surface area contributed by atoms with Gasteiger partial charge in [0.25, 0.3) is 5.69 Å². The van der Waals surface area contributed by atoms with Crippen molar-refractivity contribution in [2.45, 2.75) is 19.0 Å². The molecule has 17 heavy (non-hydrogen) atoms. The molecule has 92 valence electrons. The molecule has 0 bridgehead atoms. The summed E-state index contributed by atoms with van der Waals surface area (Å²) in [7, 11) is 0. The van der Waals surface area contributed by atoms with Crippen molar-refractivity contribution >= 4 is 21.6 Å². The van der Waals surface area contributed by atoms with E-state index < -0.39 is 0 Å². The van der Waals surface area contributed by atoms with Crippen LogP contribution in [0.5, 0.6) is 0 Å². The minimum Gasteiger partial charge on any atom is -0.326 e. The predicted molar refractivity (Wildman–Crippen MR) is 68.7 cm³/mol. The van der Waals surface area contributed by atoms with E-state index in [4.69, 9.17) is 5.73 Å². The lowest BCUT2D eigenvalue weighted by molar-refractivity contribution is -0.384. The number of likely N-dealkylation sites (tertiary alicyclic amines) is 1. The molecule has 2 rings (SSSR count). The van der Waals surface area contributed by atoms with Gasteiger partial charge in [-0.2, -0.15) is 0 Å².